The lowest BCUT2D eigenvalue weighted by atomic mass is 10.1. The molecule has 6 nitrogen and oxygen atoms in total. The van der Waals surface area contributed by atoms with Crippen LogP contribution in [-0.2, 0) is 4.79 Å². The molecule has 0 fully saturated rings. The van der Waals surface area contributed by atoms with Gasteiger partial charge in [-0.2, -0.15) is 0 Å². The largest absolute Gasteiger partial charge is 0.351 e. The van der Waals surface area contributed by atoms with Crippen molar-refractivity contribution in [1.29, 1.82) is 0 Å². The highest BCUT2D eigenvalue weighted by Gasteiger charge is 2.09. The molecule has 5 N–H and O–H groups in total. The maximum absolute atomic E-state index is 11.6. The van der Waals surface area contributed by atoms with Gasteiger partial charge in [0, 0.05) is 5.69 Å². The molecule has 1 unspecified atom stereocenters. The zero-order valence-corrected chi connectivity index (χ0v) is 11.2. The Kier molecular flexibility index (Phi) is 5.81. The minimum absolute atomic E-state index is 0.0475. The van der Waals surface area contributed by atoms with E-state index in [-0.39, 0.29) is 11.9 Å². The van der Waals surface area contributed by atoms with Crippen LogP contribution >= 0.6 is 0 Å². The van der Waals surface area contributed by atoms with Crippen molar-refractivity contribution in [3.63, 3.8) is 0 Å². The number of likely N-dealkylation sites (N-methyl/N-ethyl adjacent to an activating group) is 1. The SMILES string of the molecule is CCNCC(=O)NC(C)c1ccc(NC(N)=O)cc1. The molecule has 0 saturated heterocycles. The Labute approximate surface area is 112 Å². The summed E-state index contributed by atoms with van der Waals surface area (Å²) in [5.74, 6) is -0.0475. The monoisotopic (exact) mass is 264 g/mol. The predicted molar refractivity (Wildman–Crippen MR) is 74.7 cm³/mol. The van der Waals surface area contributed by atoms with Crippen molar-refractivity contribution in [2.75, 3.05) is 18.4 Å². The van der Waals surface area contributed by atoms with E-state index >= 15 is 0 Å². The number of amides is 3. The number of nitrogens with two attached hydrogens (primary N) is 1. The van der Waals surface area contributed by atoms with Crippen molar-refractivity contribution in [3.8, 4) is 0 Å². The molecule has 0 spiro atoms. The minimum atomic E-state index is -0.597. The third-order valence-corrected chi connectivity index (χ3v) is 2.59. The summed E-state index contributed by atoms with van der Waals surface area (Å²) < 4.78 is 0. The maximum atomic E-state index is 11.6. The summed E-state index contributed by atoms with van der Waals surface area (Å²) in [6.07, 6.45) is 0. The van der Waals surface area contributed by atoms with E-state index in [2.05, 4.69) is 16.0 Å². The second-order valence-electron chi connectivity index (χ2n) is 4.18. The number of carbonyl (C=O) groups is 2. The molecule has 3 amide bonds. The molecule has 19 heavy (non-hydrogen) atoms. The van der Waals surface area contributed by atoms with Crippen LogP contribution in [0.1, 0.15) is 25.5 Å². The first-order chi connectivity index (χ1) is 9.02. The molecule has 0 aliphatic rings. The highest BCUT2D eigenvalue weighted by molar-refractivity contribution is 5.87. The van der Waals surface area contributed by atoms with Gasteiger partial charge in [0.2, 0.25) is 5.91 Å². The van der Waals surface area contributed by atoms with E-state index in [4.69, 9.17) is 5.73 Å². The lowest BCUT2D eigenvalue weighted by molar-refractivity contribution is -0.120. The summed E-state index contributed by atoms with van der Waals surface area (Å²) in [5.41, 5.74) is 6.61. The number of hydrogen-bond donors (Lipinski definition) is 4. The Morgan fingerprint density at radius 1 is 1.26 bits per heavy atom. The van der Waals surface area contributed by atoms with Crippen molar-refractivity contribution < 1.29 is 9.59 Å². The number of anilines is 1. The van der Waals surface area contributed by atoms with Crippen LogP contribution in [0.15, 0.2) is 24.3 Å². The number of primary amides is 1. The van der Waals surface area contributed by atoms with E-state index in [1.807, 2.05) is 26.0 Å². The molecule has 0 aliphatic carbocycles. The third-order valence-electron chi connectivity index (χ3n) is 2.59. The summed E-state index contributed by atoms with van der Waals surface area (Å²) in [4.78, 5) is 22.2. The summed E-state index contributed by atoms with van der Waals surface area (Å²) in [5, 5.41) is 8.32. The quantitative estimate of drug-likeness (QED) is 0.616. The van der Waals surface area contributed by atoms with E-state index in [0.717, 1.165) is 12.1 Å². The van der Waals surface area contributed by atoms with Gasteiger partial charge in [0.25, 0.3) is 0 Å². The Balaban J connectivity index is 2.55. The van der Waals surface area contributed by atoms with Crippen LogP contribution in [0.3, 0.4) is 0 Å². The molecule has 0 bridgehead atoms. The topological polar surface area (TPSA) is 96.2 Å². The third kappa shape index (κ3) is 5.39. The van der Waals surface area contributed by atoms with Crippen molar-refractivity contribution in [2.24, 2.45) is 5.73 Å². The molecule has 1 aromatic rings. The number of hydrogen-bond acceptors (Lipinski definition) is 3. The summed E-state index contributed by atoms with van der Waals surface area (Å²) in [6.45, 7) is 4.92. The minimum Gasteiger partial charge on any atom is -0.351 e. The molecule has 0 saturated carbocycles. The fraction of sp³-hybridized carbons (Fsp3) is 0.385. The number of carbonyl (C=O) groups excluding carboxylic acids is 2. The molecule has 6 heteroatoms. The normalized spacial score (nSPS) is 11.7. The average molecular weight is 264 g/mol. The highest BCUT2D eigenvalue weighted by Crippen LogP contribution is 2.15. The Morgan fingerprint density at radius 2 is 1.89 bits per heavy atom. The van der Waals surface area contributed by atoms with Crippen LogP contribution in [0.2, 0.25) is 0 Å². The van der Waals surface area contributed by atoms with Crippen molar-refractivity contribution in [1.82, 2.24) is 10.6 Å². The maximum Gasteiger partial charge on any atom is 0.316 e. The fourth-order valence-corrected chi connectivity index (χ4v) is 1.61. The van der Waals surface area contributed by atoms with E-state index < -0.39 is 6.03 Å². The summed E-state index contributed by atoms with van der Waals surface area (Å²) in [6, 6.07) is 6.47. The smallest absolute Gasteiger partial charge is 0.316 e. The van der Waals surface area contributed by atoms with Crippen LogP contribution in [0, 0.1) is 0 Å². The van der Waals surface area contributed by atoms with Gasteiger partial charge in [-0.15, -0.1) is 0 Å². The second kappa shape index (κ2) is 7.38. The first-order valence-corrected chi connectivity index (χ1v) is 6.19. The molecule has 104 valence electrons. The van der Waals surface area contributed by atoms with Crippen LogP contribution in [0.25, 0.3) is 0 Å². The molecule has 1 aromatic carbocycles. The van der Waals surface area contributed by atoms with Crippen molar-refractivity contribution in [2.45, 2.75) is 19.9 Å². The van der Waals surface area contributed by atoms with Gasteiger partial charge in [-0.05, 0) is 31.2 Å². The lowest BCUT2D eigenvalue weighted by Gasteiger charge is -2.15. The predicted octanol–water partition coefficient (Wildman–Crippen LogP) is 0.964. The van der Waals surface area contributed by atoms with E-state index in [0.29, 0.717) is 12.2 Å². The number of rotatable bonds is 6. The van der Waals surface area contributed by atoms with Gasteiger partial charge in [-0.25, -0.2) is 4.79 Å². The summed E-state index contributed by atoms with van der Waals surface area (Å²) in [7, 11) is 0. The van der Waals surface area contributed by atoms with Gasteiger partial charge in [-0.1, -0.05) is 19.1 Å². The van der Waals surface area contributed by atoms with Gasteiger partial charge < -0.3 is 21.7 Å². The van der Waals surface area contributed by atoms with Gasteiger partial charge in [-0.3, -0.25) is 4.79 Å². The van der Waals surface area contributed by atoms with E-state index in [1.165, 1.54) is 0 Å². The van der Waals surface area contributed by atoms with E-state index in [1.54, 1.807) is 12.1 Å². The molecule has 0 heterocycles. The van der Waals surface area contributed by atoms with Gasteiger partial charge in [0.1, 0.15) is 0 Å². The summed E-state index contributed by atoms with van der Waals surface area (Å²) >= 11 is 0. The molecular weight excluding hydrogens is 244 g/mol. The van der Waals surface area contributed by atoms with Crippen molar-refractivity contribution in [3.05, 3.63) is 29.8 Å². The highest BCUT2D eigenvalue weighted by atomic mass is 16.2. The lowest BCUT2D eigenvalue weighted by Crippen LogP contribution is -2.35. The van der Waals surface area contributed by atoms with Gasteiger partial charge in [0.05, 0.1) is 12.6 Å². The fourth-order valence-electron chi connectivity index (χ4n) is 1.61. The standard InChI is InChI=1S/C13H20N4O2/c1-3-15-8-12(18)16-9(2)10-4-6-11(7-5-10)17-13(14)19/h4-7,9,15H,3,8H2,1-2H3,(H,16,18)(H3,14,17,19). The average Bonchev–Trinajstić information content (AvgIpc) is 2.36. The number of benzene rings is 1. The zero-order valence-electron chi connectivity index (χ0n) is 11.2. The Morgan fingerprint density at radius 3 is 2.42 bits per heavy atom. The molecule has 0 aromatic heterocycles. The molecule has 0 aliphatic heterocycles. The second-order valence-corrected chi connectivity index (χ2v) is 4.18. The first kappa shape index (κ1) is 15.0. The number of urea groups is 1. The molecule has 1 rings (SSSR count). The first-order valence-electron chi connectivity index (χ1n) is 6.19. The number of nitrogens with one attached hydrogen (secondary N) is 3. The molecule has 1 atom stereocenters. The van der Waals surface area contributed by atoms with Gasteiger partial charge in [0.15, 0.2) is 0 Å². The molecule has 0 radical (unpaired) electrons. The van der Waals surface area contributed by atoms with Crippen LogP contribution < -0.4 is 21.7 Å². The van der Waals surface area contributed by atoms with Crippen LogP contribution in [0.4, 0.5) is 10.5 Å². The van der Waals surface area contributed by atoms with Crippen LogP contribution in [0.5, 0.6) is 0 Å². The zero-order chi connectivity index (χ0) is 14.3. The molecular formula is C13H20N4O2. The van der Waals surface area contributed by atoms with E-state index in [9.17, 15) is 9.59 Å². The Bertz CT molecular complexity index is 431. The Hall–Kier alpha value is -2.08. The van der Waals surface area contributed by atoms with Crippen LogP contribution in [-0.4, -0.2) is 25.0 Å². The van der Waals surface area contributed by atoms with Crippen molar-refractivity contribution >= 4 is 17.6 Å². The van der Waals surface area contributed by atoms with Gasteiger partial charge >= 0.3 is 6.03 Å².